The van der Waals surface area contributed by atoms with E-state index in [4.69, 9.17) is 0 Å². The summed E-state index contributed by atoms with van der Waals surface area (Å²) in [6, 6.07) is 4.76. The highest BCUT2D eigenvalue weighted by molar-refractivity contribution is 5.76. The van der Waals surface area contributed by atoms with E-state index < -0.39 is 0 Å². The summed E-state index contributed by atoms with van der Waals surface area (Å²) in [6.45, 7) is 8.34. The molecule has 0 bridgehead atoms. The van der Waals surface area contributed by atoms with Crippen molar-refractivity contribution in [2.24, 2.45) is 5.92 Å². The van der Waals surface area contributed by atoms with Crippen LogP contribution in [0.4, 0.5) is 10.1 Å². The summed E-state index contributed by atoms with van der Waals surface area (Å²) in [7, 11) is 0. The quantitative estimate of drug-likeness (QED) is 0.780. The van der Waals surface area contributed by atoms with Crippen LogP contribution in [0.25, 0.3) is 0 Å². The van der Waals surface area contributed by atoms with Gasteiger partial charge in [0.2, 0.25) is 0 Å². The van der Waals surface area contributed by atoms with Crippen molar-refractivity contribution >= 4 is 12.0 Å². The van der Waals surface area contributed by atoms with Gasteiger partial charge in [0.15, 0.2) is 0 Å². The molecule has 1 unspecified atom stereocenters. The van der Waals surface area contributed by atoms with Crippen molar-refractivity contribution in [1.29, 1.82) is 0 Å². The molecule has 3 rings (SSSR count). The average Bonchev–Trinajstić information content (AvgIpc) is 3.36. The summed E-state index contributed by atoms with van der Waals surface area (Å²) in [5, 5.41) is 0. The minimum absolute atomic E-state index is 0.291. The van der Waals surface area contributed by atoms with Gasteiger partial charge in [0.1, 0.15) is 12.1 Å². The molecule has 1 saturated carbocycles. The fraction of sp³-hybridized carbons (Fsp3) is 0.611. The third-order valence-electron chi connectivity index (χ3n) is 5.65. The predicted octanol–water partition coefficient (Wildman–Crippen LogP) is 3.34. The zero-order chi connectivity index (χ0) is 15.7. The van der Waals surface area contributed by atoms with Gasteiger partial charge >= 0.3 is 0 Å². The minimum Gasteiger partial charge on any atom is -0.367 e. The first kappa shape index (κ1) is 15.5. The summed E-state index contributed by atoms with van der Waals surface area (Å²) in [4.78, 5) is 15.4. The first-order valence-corrected chi connectivity index (χ1v) is 8.35. The number of piperazine rings is 1. The molecule has 2 fully saturated rings. The number of hydrogen-bond acceptors (Lipinski definition) is 3. The van der Waals surface area contributed by atoms with Crippen molar-refractivity contribution < 1.29 is 9.18 Å². The van der Waals surface area contributed by atoms with E-state index in [2.05, 4.69) is 23.6 Å². The van der Waals surface area contributed by atoms with Gasteiger partial charge in [-0.15, -0.1) is 0 Å². The van der Waals surface area contributed by atoms with Gasteiger partial charge in [-0.3, -0.25) is 9.69 Å². The lowest BCUT2D eigenvalue weighted by Gasteiger charge is -2.43. The molecule has 2 aliphatic rings. The van der Waals surface area contributed by atoms with E-state index >= 15 is 0 Å². The van der Waals surface area contributed by atoms with E-state index in [9.17, 15) is 9.18 Å². The van der Waals surface area contributed by atoms with Crippen molar-refractivity contribution in [2.45, 2.75) is 38.6 Å². The number of carbonyl (C=O) groups is 1. The van der Waals surface area contributed by atoms with Crippen LogP contribution in [-0.4, -0.2) is 42.9 Å². The lowest BCUT2D eigenvalue weighted by atomic mass is 9.94. The fourth-order valence-corrected chi connectivity index (χ4v) is 3.87. The number of hydrogen-bond donors (Lipinski definition) is 0. The van der Waals surface area contributed by atoms with Gasteiger partial charge in [0.25, 0.3) is 0 Å². The van der Waals surface area contributed by atoms with Gasteiger partial charge in [-0.25, -0.2) is 4.39 Å². The summed E-state index contributed by atoms with van der Waals surface area (Å²) in [5.74, 6) is 0.448. The van der Waals surface area contributed by atoms with E-state index in [1.54, 1.807) is 12.1 Å². The Bertz CT molecular complexity index is 548. The maximum Gasteiger partial charge on any atom is 0.150 e. The highest BCUT2D eigenvalue weighted by atomic mass is 19.1. The SMILES string of the molecule is CCC(C)C1(N2CCN(c3ccc(C=O)cc3F)CC2)CC1. The van der Waals surface area contributed by atoms with E-state index in [1.165, 1.54) is 25.3 Å². The molecule has 120 valence electrons. The number of anilines is 1. The maximum atomic E-state index is 14.1. The summed E-state index contributed by atoms with van der Waals surface area (Å²) >= 11 is 0. The molecule has 1 aromatic rings. The topological polar surface area (TPSA) is 23.6 Å². The van der Waals surface area contributed by atoms with Crippen LogP contribution in [-0.2, 0) is 0 Å². The molecule has 0 aromatic heterocycles. The van der Waals surface area contributed by atoms with E-state index in [0.717, 1.165) is 32.1 Å². The Kier molecular flexibility index (Phi) is 4.22. The third-order valence-corrected chi connectivity index (χ3v) is 5.65. The standard InChI is InChI=1S/C18H25FN2O/c1-3-14(2)18(6-7-18)21-10-8-20(9-11-21)17-5-4-15(13-22)12-16(17)19/h4-5,12-14H,3,6-11H2,1-2H3. The Hall–Kier alpha value is -1.42. The van der Waals surface area contributed by atoms with Gasteiger partial charge in [-0.1, -0.05) is 20.3 Å². The van der Waals surface area contributed by atoms with E-state index in [-0.39, 0.29) is 5.82 Å². The molecule has 0 spiro atoms. The molecule has 1 atom stereocenters. The smallest absolute Gasteiger partial charge is 0.150 e. The monoisotopic (exact) mass is 304 g/mol. The van der Waals surface area contributed by atoms with Gasteiger partial charge in [-0.2, -0.15) is 0 Å². The number of aldehydes is 1. The highest BCUT2D eigenvalue weighted by Crippen LogP contribution is 2.49. The summed E-state index contributed by atoms with van der Waals surface area (Å²) in [6.07, 6.45) is 4.53. The van der Waals surface area contributed by atoms with E-state index in [1.807, 2.05) is 0 Å². The second-order valence-corrected chi connectivity index (χ2v) is 6.72. The van der Waals surface area contributed by atoms with Crippen LogP contribution < -0.4 is 4.90 Å². The molecule has 1 aliphatic carbocycles. The second kappa shape index (κ2) is 5.99. The van der Waals surface area contributed by atoms with Crippen molar-refractivity contribution in [3.63, 3.8) is 0 Å². The van der Waals surface area contributed by atoms with E-state index in [0.29, 0.717) is 23.1 Å². The zero-order valence-corrected chi connectivity index (χ0v) is 13.5. The van der Waals surface area contributed by atoms with Crippen molar-refractivity contribution in [3.8, 4) is 0 Å². The lowest BCUT2D eigenvalue weighted by Crippen LogP contribution is -2.53. The van der Waals surface area contributed by atoms with Gasteiger partial charge in [0, 0.05) is 37.3 Å². The maximum absolute atomic E-state index is 14.1. The highest BCUT2D eigenvalue weighted by Gasteiger charge is 2.51. The molecular weight excluding hydrogens is 279 g/mol. The molecule has 1 saturated heterocycles. The normalized spacial score (nSPS) is 22.4. The fourth-order valence-electron chi connectivity index (χ4n) is 3.87. The number of halogens is 1. The molecule has 3 nitrogen and oxygen atoms in total. The molecule has 0 N–H and O–H groups in total. The molecule has 4 heteroatoms. The molecule has 22 heavy (non-hydrogen) atoms. The van der Waals surface area contributed by atoms with Crippen molar-refractivity contribution in [2.75, 3.05) is 31.1 Å². The Balaban J connectivity index is 1.66. The molecule has 1 heterocycles. The number of carbonyl (C=O) groups excluding carboxylic acids is 1. The summed E-state index contributed by atoms with van der Waals surface area (Å²) < 4.78 is 14.1. The molecule has 1 aliphatic heterocycles. The van der Waals surface area contributed by atoms with Crippen LogP contribution in [0.3, 0.4) is 0 Å². The molecule has 0 amide bonds. The third kappa shape index (κ3) is 2.65. The van der Waals surface area contributed by atoms with Crippen LogP contribution >= 0.6 is 0 Å². The van der Waals surface area contributed by atoms with Crippen molar-refractivity contribution in [1.82, 2.24) is 4.90 Å². The van der Waals surface area contributed by atoms with Gasteiger partial charge in [-0.05, 0) is 37.0 Å². The first-order chi connectivity index (χ1) is 10.6. The molecular formula is C18H25FN2O. The Morgan fingerprint density at radius 2 is 1.95 bits per heavy atom. The Morgan fingerprint density at radius 3 is 2.45 bits per heavy atom. The number of nitrogens with zero attached hydrogens (tertiary/aromatic N) is 2. The average molecular weight is 304 g/mol. The van der Waals surface area contributed by atoms with Crippen LogP contribution in [0.1, 0.15) is 43.5 Å². The Labute approximate surface area is 132 Å². The van der Waals surface area contributed by atoms with Crippen LogP contribution in [0, 0.1) is 11.7 Å². The zero-order valence-electron chi connectivity index (χ0n) is 13.5. The van der Waals surface area contributed by atoms with Crippen LogP contribution in [0.15, 0.2) is 18.2 Å². The molecule has 0 radical (unpaired) electrons. The number of benzene rings is 1. The van der Waals surface area contributed by atoms with Crippen LogP contribution in [0.2, 0.25) is 0 Å². The van der Waals surface area contributed by atoms with Gasteiger partial charge in [0.05, 0.1) is 5.69 Å². The number of rotatable bonds is 5. The van der Waals surface area contributed by atoms with Gasteiger partial charge < -0.3 is 4.90 Å². The second-order valence-electron chi connectivity index (χ2n) is 6.72. The summed E-state index contributed by atoms with van der Waals surface area (Å²) in [5.41, 5.74) is 1.44. The minimum atomic E-state index is -0.291. The Morgan fingerprint density at radius 1 is 1.27 bits per heavy atom. The van der Waals surface area contributed by atoms with Crippen molar-refractivity contribution in [3.05, 3.63) is 29.6 Å². The predicted molar refractivity (Wildman–Crippen MR) is 87.0 cm³/mol. The molecule has 1 aromatic carbocycles. The lowest BCUT2D eigenvalue weighted by molar-refractivity contribution is 0.112. The first-order valence-electron chi connectivity index (χ1n) is 8.35. The van der Waals surface area contributed by atoms with Crippen LogP contribution in [0.5, 0.6) is 0 Å². The largest absolute Gasteiger partial charge is 0.367 e.